The van der Waals surface area contributed by atoms with E-state index in [0.29, 0.717) is 11.0 Å². The summed E-state index contributed by atoms with van der Waals surface area (Å²) in [6.45, 7) is 0. The van der Waals surface area contributed by atoms with Gasteiger partial charge in [-0.25, -0.2) is 13.4 Å². The molecule has 20 heavy (non-hydrogen) atoms. The maximum atomic E-state index is 11.5. The van der Waals surface area contributed by atoms with Crippen molar-refractivity contribution in [3.63, 3.8) is 0 Å². The average Bonchev–Trinajstić information content (AvgIpc) is 2.46. The van der Waals surface area contributed by atoms with Crippen LogP contribution >= 0.6 is 0 Å². The lowest BCUT2D eigenvalue weighted by molar-refractivity contribution is 0.598. The van der Waals surface area contributed by atoms with E-state index in [0.717, 1.165) is 17.4 Å². The Bertz CT molecular complexity index is 875. The van der Waals surface area contributed by atoms with Crippen molar-refractivity contribution in [2.24, 2.45) is 0 Å². The van der Waals surface area contributed by atoms with Crippen LogP contribution in [0.1, 0.15) is 0 Å². The third-order valence-corrected chi connectivity index (χ3v) is 3.96. The summed E-state index contributed by atoms with van der Waals surface area (Å²) in [4.78, 5) is 8.32. The number of hydrogen-bond acceptors (Lipinski definition) is 4. The fourth-order valence-electron chi connectivity index (χ4n) is 1.98. The first-order valence-electron chi connectivity index (χ1n) is 6.06. The molecule has 0 aliphatic rings. The van der Waals surface area contributed by atoms with Crippen molar-refractivity contribution in [3.8, 4) is 11.1 Å². The van der Waals surface area contributed by atoms with E-state index in [-0.39, 0.29) is 5.03 Å². The summed E-state index contributed by atoms with van der Waals surface area (Å²) in [5, 5.41) is -0.00235. The number of rotatable bonds is 2. The van der Waals surface area contributed by atoms with Crippen molar-refractivity contribution >= 4 is 20.9 Å². The van der Waals surface area contributed by atoms with Crippen LogP contribution in [0.3, 0.4) is 0 Å². The van der Waals surface area contributed by atoms with Gasteiger partial charge in [0.2, 0.25) is 0 Å². The summed E-state index contributed by atoms with van der Waals surface area (Å²) in [5.41, 5.74) is 3.37. The van der Waals surface area contributed by atoms with Gasteiger partial charge in [-0.1, -0.05) is 36.4 Å². The van der Waals surface area contributed by atoms with Crippen molar-refractivity contribution in [2.75, 3.05) is 6.26 Å². The zero-order chi connectivity index (χ0) is 14.2. The molecule has 0 saturated carbocycles. The molecule has 0 unspecified atom stereocenters. The molecular formula is C15H12N2O2S. The lowest BCUT2D eigenvalue weighted by Gasteiger charge is -2.04. The van der Waals surface area contributed by atoms with E-state index in [1.54, 1.807) is 6.07 Å². The van der Waals surface area contributed by atoms with Crippen LogP contribution in [0.25, 0.3) is 22.2 Å². The monoisotopic (exact) mass is 284 g/mol. The number of nitrogens with zero attached hydrogens (tertiary/aromatic N) is 2. The molecule has 100 valence electrons. The van der Waals surface area contributed by atoms with Gasteiger partial charge in [0, 0.05) is 6.26 Å². The Hall–Kier alpha value is -2.27. The summed E-state index contributed by atoms with van der Waals surface area (Å²) in [5.74, 6) is 0. The predicted octanol–water partition coefficient (Wildman–Crippen LogP) is 2.70. The van der Waals surface area contributed by atoms with Crippen LogP contribution in [0.2, 0.25) is 0 Å². The predicted molar refractivity (Wildman–Crippen MR) is 78.1 cm³/mol. The molecule has 0 bridgehead atoms. The van der Waals surface area contributed by atoms with Gasteiger partial charge in [-0.2, -0.15) is 0 Å². The van der Waals surface area contributed by atoms with Crippen LogP contribution in [-0.2, 0) is 9.84 Å². The van der Waals surface area contributed by atoms with E-state index in [2.05, 4.69) is 9.97 Å². The maximum absolute atomic E-state index is 11.5. The van der Waals surface area contributed by atoms with Crippen LogP contribution in [0, 0.1) is 0 Å². The lowest BCUT2D eigenvalue weighted by Crippen LogP contribution is -2.01. The van der Waals surface area contributed by atoms with Crippen LogP contribution in [0.15, 0.2) is 59.8 Å². The van der Waals surface area contributed by atoms with Crippen LogP contribution in [0.4, 0.5) is 0 Å². The molecule has 3 rings (SSSR count). The summed E-state index contributed by atoms with van der Waals surface area (Å²) >= 11 is 0. The second-order valence-electron chi connectivity index (χ2n) is 4.55. The van der Waals surface area contributed by atoms with Crippen molar-refractivity contribution in [1.82, 2.24) is 9.97 Å². The average molecular weight is 284 g/mol. The second kappa shape index (κ2) is 4.68. The molecule has 0 fully saturated rings. The minimum atomic E-state index is -3.33. The SMILES string of the molecule is CS(=O)(=O)c1cnc2cc(-c3ccccc3)ccc2n1. The van der Waals surface area contributed by atoms with Crippen LogP contribution in [0.5, 0.6) is 0 Å². The number of aromatic nitrogens is 2. The molecule has 1 heterocycles. The fourth-order valence-corrected chi connectivity index (χ4v) is 2.49. The molecule has 5 heteroatoms. The smallest absolute Gasteiger partial charge is 0.194 e. The third kappa shape index (κ3) is 2.40. The number of sulfone groups is 1. The van der Waals surface area contributed by atoms with Gasteiger partial charge in [-0.3, -0.25) is 4.98 Å². The van der Waals surface area contributed by atoms with Crippen molar-refractivity contribution < 1.29 is 8.42 Å². The maximum Gasteiger partial charge on any atom is 0.194 e. The molecule has 0 radical (unpaired) electrons. The highest BCUT2D eigenvalue weighted by Crippen LogP contribution is 2.22. The van der Waals surface area contributed by atoms with Crippen LogP contribution < -0.4 is 0 Å². The largest absolute Gasteiger partial charge is 0.252 e. The summed E-state index contributed by atoms with van der Waals surface area (Å²) < 4.78 is 22.9. The Kier molecular flexibility index (Phi) is 2.99. The number of fused-ring (bicyclic) bond motifs is 1. The molecule has 0 aliphatic heterocycles. The van der Waals surface area contributed by atoms with Gasteiger partial charge in [0.15, 0.2) is 14.9 Å². The molecule has 0 aliphatic carbocycles. The van der Waals surface area contributed by atoms with Gasteiger partial charge < -0.3 is 0 Å². The number of hydrogen-bond donors (Lipinski definition) is 0. The Labute approximate surface area is 117 Å². The van der Waals surface area contributed by atoms with E-state index < -0.39 is 9.84 Å². The highest BCUT2D eigenvalue weighted by atomic mass is 32.2. The second-order valence-corrected chi connectivity index (χ2v) is 6.51. The molecule has 1 aromatic heterocycles. The minimum Gasteiger partial charge on any atom is -0.252 e. The Balaban J connectivity index is 2.14. The van der Waals surface area contributed by atoms with Crippen molar-refractivity contribution in [3.05, 3.63) is 54.7 Å². The third-order valence-electron chi connectivity index (χ3n) is 3.01. The Morgan fingerprint density at radius 1 is 0.900 bits per heavy atom. The van der Waals surface area contributed by atoms with E-state index in [1.165, 1.54) is 6.20 Å². The van der Waals surface area contributed by atoms with Crippen molar-refractivity contribution in [1.29, 1.82) is 0 Å². The summed E-state index contributed by atoms with van der Waals surface area (Å²) in [6.07, 6.45) is 2.42. The van der Waals surface area contributed by atoms with Gasteiger partial charge >= 0.3 is 0 Å². The molecular weight excluding hydrogens is 272 g/mol. The fraction of sp³-hybridized carbons (Fsp3) is 0.0667. The van der Waals surface area contributed by atoms with Gasteiger partial charge in [0.1, 0.15) is 0 Å². The normalized spacial score (nSPS) is 11.7. The molecule has 2 aromatic carbocycles. The lowest BCUT2D eigenvalue weighted by atomic mass is 10.1. The van der Waals surface area contributed by atoms with E-state index >= 15 is 0 Å². The molecule has 3 aromatic rings. The van der Waals surface area contributed by atoms with E-state index in [4.69, 9.17) is 0 Å². The molecule has 0 N–H and O–H groups in total. The summed E-state index contributed by atoms with van der Waals surface area (Å²) in [7, 11) is -3.33. The van der Waals surface area contributed by atoms with Gasteiger partial charge in [-0.15, -0.1) is 0 Å². The van der Waals surface area contributed by atoms with Gasteiger partial charge in [0.25, 0.3) is 0 Å². The molecule has 0 spiro atoms. The summed E-state index contributed by atoms with van der Waals surface area (Å²) in [6, 6.07) is 15.5. The first-order chi connectivity index (χ1) is 9.54. The van der Waals surface area contributed by atoms with Crippen LogP contribution in [-0.4, -0.2) is 24.6 Å². The highest BCUT2D eigenvalue weighted by Gasteiger charge is 2.10. The topological polar surface area (TPSA) is 59.9 Å². The van der Waals surface area contributed by atoms with E-state index in [1.807, 2.05) is 42.5 Å². The zero-order valence-electron chi connectivity index (χ0n) is 10.8. The molecule has 0 atom stereocenters. The number of benzene rings is 2. The molecule has 0 amide bonds. The minimum absolute atomic E-state index is 0.00235. The zero-order valence-corrected chi connectivity index (χ0v) is 11.6. The van der Waals surface area contributed by atoms with Gasteiger partial charge in [0.05, 0.1) is 17.2 Å². The van der Waals surface area contributed by atoms with E-state index in [9.17, 15) is 8.42 Å². The first-order valence-corrected chi connectivity index (χ1v) is 7.95. The van der Waals surface area contributed by atoms with Gasteiger partial charge in [-0.05, 0) is 23.3 Å². The molecule has 4 nitrogen and oxygen atoms in total. The quantitative estimate of drug-likeness (QED) is 0.726. The van der Waals surface area contributed by atoms with Crippen molar-refractivity contribution in [2.45, 2.75) is 5.03 Å². The Morgan fingerprint density at radius 2 is 1.65 bits per heavy atom. The Morgan fingerprint density at radius 3 is 2.35 bits per heavy atom. The molecule has 0 saturated heterocycles. The standard InChI is InChI=1S/C15H12N2O2S/c1-20(18,19)15-10-16-14-9-12(7-8-13(14)17-15)11-5-3-2-4-6-11/h2-10H,1H3. The first kappa shape index (κ1) is 12.7. The highest BCUT2D eigenvalue weighted by molar-refractivity contribution is 7.90.